The van der Waals surface area contributed by atoms with E-state index in [1.165, 1.54) is 16.7 Å². The van der Waals surface area contributed by atoms with Crippen molar-refractivity contribution < 1.29 is 38.3 Å². The molecule has 4 aromatic rings. The molecule has 0 fully saturated rings. The Morgan fingerprint density at radius 1 is 0.540 bits per heavy atom. The molecule has 10 nitrogen and oxygen atoms in total. The van der Waals surface area contributed by atoms with Crippen LogP contribution in [0.15, 0.2) is 30.3 Å². The quantitative estimate of drug-likeness (QED) is 0.216. The Morgan fingerprint density at radius 2 is 1.08 bits per heavy atom. The van der Waals surface area contributed by atoms with E-state index in [0.29, 0.717) is 46.5 Å². The number of likely N-dealkylation sites (N-methyl/N-ethyl adjacent to an activating group) is 2. The van der Waals surface area contributed by atoms with Crippen molar-refractivity contribution in [2.45, 2.75) is 37.8 Å². The molecule has 0 amide bonds. The Kier molecular flexibility index (Phi) is 7.91. The van der Waals surface area contributed by atoms with E-state index in [9.17, 15) is 5.11 Å². The molecule has 0 saturated carbocycles. The first-order valence-corrected chi connectivity index (χ1v) is 17.0. The van der Waals surface area contributed by atoms with Crippen LogP contribution in [-0.2, 0) is 25.7 Å². The fraction of sp³-hybridized carbons (Fsp3) is 0.400. The number of hydrogen-bond acceptors (Lipinski definition) is 10. The van der Waals surface area contributed by atoms with Crippen LogP contribution in [0.1, 0.15) is 45.5 Å². The van der Waals surface area contributed by atoms with Crippen LogP contribution in [0.5, 0.6) is 51.7 Å². The largest absolute Gasteiger partial charge is 0.504 e. The standard InChI is InChI=1S/C40H44N2O8/c1-41-11-9-20-14-31(46-5)39(48-7)36-23-18-28(44-3)29(16-22(23)13-25(41)33(20)36)50-27-19-30(45-4)38(43)35-24(27)17-26-34-21(10-12-42(26)2)15-32(47-6)40(49-8)37(34)35/h14-16,18-19,25-26,43H,9-13,17H2,1-8H3/t25-,26-/m0/s1. The number of fused-ring (bicyclic) bond motifs is 4. The monoisotopic (exact) mass is 680 g/mol. The summed E-state index contributed by atoms with van der Waals surface area (Å²) in [6.45, 7) is 1.85. The number of ether oxygens (including phenoxy) is 7. The number of nitrogens with zero attached hydrogens (tertiary/aromatic N) is 2. The van der Waals surface area contributed by atoms with Gasteiger partial charge in [0.15, 0.2) is 46.0 Å². The van der Waals surface area contributed by atoms with E-state index < -0.39 is 0 Å². The predicted molar refractivity (Wildman–Crippen MR) is 190 cm³/mol. The normalized spacial score (nSPS) is 18.6. The number of phenols is 1. The molecule has 0 saturated heterocycles. The number of rotatable bonds is 8. The molecule has 1 N–H and O–H groups in total. The lowest BCUT2D eigenvalue weighted by Crippen LogP contribution is -2.36. The molecule has 0 unspecified atom stereocenters. The lowest BCUT2D eigenvalue weighted by Gasteiger charge is -2.41. The number of benzene rings is 4. The van der Waals surface area contributed by atoms with Crippen LogP contribution in [0.2, 0.25) is 0 Å². The van der Waals surface area contributed by atoms with Crippen molar-refractivity contribution in [3.63, 3.8) is 0 Å². The number of phenolic OH excluding ortho intramolecular Hbond substituents is 1. The van der Waals surface area contributed by atoms with Gasteiger partial charge in [0.05, 0.1) is 42.7 Å². The molecule has 2 aliphatic heterocycles. The lowest BCUT2D eigenvalue weighted by atomic mass is 9.75. The summed E-state index contributed by atoms with van der Waals surface area (Å²) in [6, 6.07) is 10.4. The van der Waals surface area contributed by atoms with Gasteiger partial charge in [-0.2, -0.15) is 0 Å². The molecule has 8 rings (SSSR count). The van der Waals surface area contributed by atoms with E-state index in [1.54, 1.807) is 48.7 Å². The maximum atomic E-state index is 11.8. The van der Waals surface area contributed by atoms with E-state index in [2.05, 4.69) is 48.2 Å². The maximum absolute atomic E-state index is 11.8. The molecule has 50 heavy (non-hydrogen) atoms. The Bertz CT molecular complexity index is 2040. The van der Waals surface area contributed by atoms with Crippen LogP contribution < -0.4 is 33.2 Å². The summed E-state index contributed by atoms with van der Waals surface area (Å²) in [4.78, 5) is 4.78. The van der Waals surface area contributed by atoms with Gasteiger partial charge in [0.2, 0.25) is 0 Å². The summed E-state index contributed by atoms with van der Waals surface area (Å²) < 4.78 is 42.4. The second-order valence-electron chi connectivity index (χ2n) is 13.6. The van der Waals surface area contributed by atoms with Gasteiger partial charge in [-0.3, -0.25) is 9.80 Å². The molecule has 4 aliphatic rings. The average Bonchev–Trinajstić information content (AvgIpc) is 3.14. The van der Waals surface area contributed by atoms with Crippen molar-refractivity contribution in [2.24, 2.45) is 0 Å². The van der Waals surface area contributed by atoms with Gasteiger partial charge in [-0.05, 0) is 97.4 Å². The second kappa shape index (κ2) is 12.2. The van der Waals surface area contributed by atoms with Crippen LogP contribution in [0.4, 0.5) is 0 Å². The van der Waals surface area contributed by atoms with Gasteiger partial charge < -0.3 is 38.3 Å². The van der Waals surface area contributed by atoms with Crippen molar-refractivity contribution >= 4 is 0 Å². The highest BCUT2D eigenvalue weighted by molar-refractivity contribution is 5.90. The van der Waals surface area contributed by atoms with Gasteiger partial charge in [-0.15, -0.1) is 0 Å². The summed E-state index contributed by atoms with van der Waals surface area (Å²) in [5.41, 5.74) is 10.4. The summed E-state index contributed by atoms with van der Waals surface area (Å²) in [5, 5.41) is 11.8. The zero-order valence-corrected chi connectivity index (χ0v) is 30.0. The van der Waals surface area contributed by atoms with Gasteiger partial charge in [0.1, 0.15) is 5.75 Å². The van der Waals surface area contributed by atoms with E-state index >= 15 is 0 Å². The Morgan fingerprint density at radius 3 is 1.66 bits per heavy atom. The van der Waals surface area contributed by atoms with E-state index in [-0.39, 0.29) is 17.8 Å². The highest BCUT2D eigenvalue weighted by Gasteiger charge is 2.41. The molecule has 0 aromatic heterocycles. The minimum absolute atomic E-state index is 0.0430. The van der Waals surface area contributed by atoms with Crippen LogP contribution in [0.25, 0.3) is 22.3 Å². The number of methoxy groups -OCH3 is 6. The average molecular weight is 681 g/mol. The van der Waals surface area contributed by atoms with E-state index in [0.717, 1.165) is 77.2 Å². The van der Waals surface area contributed by atoms with Crippen LogP contribution >= 0.6 is 0 Å². The zero-order chi connectivity index (χ0) is 35.0. The third kappa shape index (κ3) is 4.61. The van der Waals surface area contributed by atoms with Gasteiger partial charge >= 0.3 is 0 Å². The molecule has 0 bridgehead atoms. The SMILES string of the molecule is COc1cc2c(cc1Oc1cc(OC)c(O)c3c1C[C@H]1c4c(cc(OC)c(OC)c4-3)CCN1C)C[C@H]1c3c(cc(OC)c(OC)c3-2)CCN1C. The molecular formula is C40H44N2O8. The van der Waals surface area contributed by atoms with Crippen LogP contribution in [0.3, 0.4) is 0 Å². The third-order valence-corrected chi connectivity index (χ3v) is 11.3. The first-order chi connectivity index (χ1) is 24.3. The molecule has 10 heteroatoms. The van der Waals surface area contributed by atoms with E-state index in [4.69, 9.17) is 33.2 Å². The molecule has 2 atom stereocenters. The summed E-state index contributed by atoms with van der Waals surface area (Å²) >= 11 is 0. The summed E-state index contributed by atoms with van der Waals surface area (Å²) in [6.07, 6.45) is 3.23. The smallest absolute Gasteiger partial charge is 0.169 e. The van der Waals surface area contributed by atoms with Crippen molar-refractivity contribution in [3.05, 3.63) is 63.7 Å². The molecule has 262 valence electrons. The van der Waals surface area contributed by atoms with Gasteiger partial charge in [0, 0.05) is 53.5 Å². The van der Waals surface area contributed by atoms with Crippen molar-refractivity contribution in [3.8, 4) is 74.0 Å². The van der Waals surface area contributed by atoms with Gasteiger partial charge in [-0.25, -0.2) is 0 Å². The highest BCUT2D eigenvalue weighted by Crippen LogP contribution is 2.59. The maximum Gasteiger partial charge on any atom is 0.169 e. The van der Waals surface area contributed by atoms with E-state index in [1.807, 2.05) is 0 Å². The minimum atomic E-state index is 0.0430. The fourth-order valence-corrected chi connectivity index (χ4v) is 8.82. The first-order valence-electron chi connectivity index (χ1n) is 17.0. The van der Waals surface area contributed by atoms with Crippen molar-refractivity contribution in [1.29, 1.82) is 0 Å². The summed E-state index contributed by atoms with van der Waals surface area (Å²) in [5.74, 6) is 4.73. The second-order valence-corrected chi connectivity index (χ2v) is 13.6. The van der Waals surface area contributed by atoms with Gasteiger partial charge in [-0.1, -0.05) is 0 Å². The van der Waals surface area contributed by atoms with Crippen molar-refractivity contribution in [1.82, 2.24) is 9.80 Å². The fourth-order valence-electron chi connectivity index (χ4n) is 8.82. The van der Waals surface area contributed by atoms with Crippen LogP contribution in [0, 0.1) is 0 Å². The molecule has 2 aliphatic carbocycles. The molecule has 0 radical (unpaired) electrons. The number of aromatic hydroxyl groups is 1. The molecule has 0 spiro atoms. The van der Waals surface area contributed by atoms with Crippen molar-refractivity contribution in [2.75, 3.05) is 69.8 Å². The topological polar surface area (TPSA) is 91.3 Å². The predicted octanol–water partition coefficient (Wildman–Crippen LogP) is 6.74. The Hall–Kier alpha value is -4.80. The van der Waals surface area contributed by atoms with Crippen LogP contribution in [-0.4, -0.2) is 84.7 Å². The molecule has 2 heterocycles. The first kappa shape index (κ1) is 32.4. The molecule has 4 aromatic carbocycles. The lowest BCUT2D eigenvalue weighted by molar-refractivity contribution is 0.224. The zero-order valence-electron chi connectivity index (χ0n) is 30.0. The van der Waals surface area contributed by atoms with Gasteiger partial charge in [0.25, 0.3) is 0 Å². The molecular weight excluding hydrogens is 636 g/mol. The Balaban J connectivity index is 1.33. The summed E-state index contributed by atoms with van der Waals surface area (Å²) in [7, 11) is 14.2. The minimum Gasteiger partial charge on any atom is -0.504 e. The highest BCUT2D eigenvalue weighted by atomic mass is 16.5. The third-order valence-electron chi connectivity index (χ3n) is 11.3. The Labute approximate surface area is 293 Å². The number of hydrogen-bond donors (Lipinski definition) is 1.